The van der Waals surface area contributed by atoms with Crippen LogP contribution in [0.4, 0.5) is 0 Å². The van der Waals surface area contributed by atoms with Crippen LogP contribution in [0.5, 0.6) is 0 Å². The molecule has 2 rings (SSSR count). The van der Waals surface area contributed by atoms with E-state index in [2.05, 4.69) is 51.8 Å². The van der Waals surface area contributed by atoms with Gasteiger partial charge < -0.3 is 5.32 Å². The molecular weight excluding hydrogens is 196 g/mol. The van der Waals surface area contributed by atoms with Gasteiger partial charge in [0.25, 0.3) is 0 Å². The highest BCUT2D eigenvalue weighted by molar-refractivity contribution is 5.19. The van der Waals surface area contributed by atoms with Gasteiger partial charge in [0.15, 0.2) is 0 Å². The van der Waals surface area contributed by atoms with Crippen LogP contribution < -0.4 is 5.32 Å². The van der Waals surface area contributed by atoms with Gasteiger partial charge in [0.1, 0.15) is 0 Å². The zero-order valence-electron chi connectivity index (χ0n) is 11.9. The molecule has 2 fully saturated rings. The summed E-state index contributed by atoms with van der Waals surface area (Å²) in [5, 5.41) is 3.65. The molecule has 0 amide bonds. The summed E-state index contributed by atoms with van der Waals surface area (Å²) in [6, 6.07) is 0.763. The molecule has 0 spiro atoms. The first kappa shape index (κ1) is 12.4. The Morgan fingerprint density at radius 3 is 2.06 bits per heavy atom. The fraction of sp³-hybridized carbons (Fsp3) is 1.00. The van der Waals surface area contributed by atoms with Gasteiger partial charge in [-0.1, -0.05) is 27.7 Å². The van der Waals surface area contributed by atoms with Crippen molar-refractivity contribution in [3.05, 3.63) is 0 Å². The van der Waals surface area contributed by atoms with E-state index in [0.717, 1.165) is 12.6 Å². The molecule has 2 nitrogen and oxygen atoms in total. The maximum Gasteiger partial charge on any atom is 0.0252 e. The Hall–Kier alpha value is -0.0800. The van der Waals surface area contributed by atoms with E-state index in [9.17, 15) is 0 Å². The lowest BCUT2D eigenvalue weighted by atomic mass is 10.0. The largest absolute Gasteiger partial charge is 0.310 e. The van der Waals surface area contributed by atoms with Gasteiger partial charge in [-0.05, 0) is 44.2 Å². The Balaban J connectivity index is 2.11. The molecule has 1 saturated heterocycles. The Labute approximate surface area is 101 Å². The highest BCUT2D eigenvalue weighted by Crippen LogP contribution is 2.65. The molecule has 1 heterocycles. The molecule has 0 aromatic rings. The fourth-order valence-corrected chi connectivity index (χ4v) is 3.65. The lowest BCUT2D eigenvalue weighted by Gasteiger charge is -2.31. The second kappa shape index (κ2) is 3.46. The molecule has 1 saturated carbocycles. The number of nitrogens with one attached hydrogen (secondary N) is 1. The fourth-order valence-electron chi connectivity index (χ4n) is 3.65. The first-order chi connectivity index (χ1) is 7.18. The van der Waals surface area contributed by atoms with Crippen molar-refractivity contribution in [2.24, 2.45) is 10.8 Å². The predicted octanol–water partition coefficient (Wildman–Crippen LogP) is 2.49. The molecule has 2 heteroatoms. The topological polar surface area (TPSA) is 15.3 Å². The maximum absolute atomic E-state index is 3.65. The first-order valence-corrected chi connectivity index (χ1v) is 6.68. The van der Waals surface area contributed by atoms with Gasteiger partial charge >= 0.3 is 0 Å². The molecular formula is C14H28N2. The van der Waals surface area contributed by atoms with E-state index in [1.165, 1.54) is 19.5 Å². The first-order valence-electron chi connectivity index (χ1n) is 6.68. The average Bonchev–Trinajstić information content (AvgIpc) is 2.57. The summed E-state index contributed by atoms with van der Waals surface area (Å²) in [6.45, 7) is 17.9. The van der Waals surface area contributed by atoms with Crippen LogP contribution in [0, 0.1) is 10.8 Å². The van der Waals surface area contributed by atoms with Crippen LogP contribution in [0.2, 0.25) is 0 Å². The third-order valence-corrected chi connectivity index (χ3v) is 5.13. The van der Waals surface area contributed by atoms with Gasteiger partial charge in [-0.3, -0.25) is 4.90 Å². The molecule has 1 N–H and O–H groups in total. The number of nitrogens with zero attached hydrogens (tertiary/aromatic N) is 1. The van der Waals surface area contributed by atoms with Gasteiger partial charge in [0.2, 0.25) is 0 Å². The van der Waals surface area contributed by atoms with Crippen LogP contribution >= 0.6 is 0 Å². The standard InChI is InChI=1S/C14H28N2/c1-12(2)10-16(9-7-8-15-12)11-13(3,4)14(11,5)6/h11,15H,7-10H2,1-6H3. The number of hydrogen-bond acceptors (Lipinski definition) is 2. The molecule has 0 atom stereocenters. The lowest BCUT2D eigenvalue weighted by molar-refractivity contribution is 0.193. The summed E-state index contributed by atoms with van der Waals surface area (Å²) in [7, 11) is 0. The smallest absolute Gasteiger partial charge is 0.0252 e. The molecule has 1 aliphatic carbocycles. The van der Waals surface area contributed by atoms with Gasteiger partial charge in [0, 0.05) is 18.1 Å². The van der Waals surface area contributed by atoms with E-state index in [1.54, 1.807) is 0 Å². The summed E-state index contributed by atoms with van der Waals surface area (Å²) >= 11 is 0. The normalized spacial score (nSPS) is 33.4. The van der Waals surface area contributed by atoms with Crippen LogP contribution in [-0.2, 0) is 0 Å². The molecule has 16 heavy (non-hydrogen) atoms. The second-order valence-electron chi connectivity index (χ2n) is 7.48. The van der Waals surface area contributed by atoms with Crippen LogP contribution in [0.15, 0.2) is 0 Å². The van der Waals surface area contributed by atoms with Crippen molar-refractivity contribution in [3.8, 4) is 0 Å². The van der Waals surface area contributed by atoms with Gasteiger partial charge in [-0.15, -0.1) is 0 Å². The van der Waals surface area contributed by atoms with Crippen LogP contribution in [-0.4, -0.2) is 36.1 Å². The number of hydrogen-bond donors (Lipinski definition) is 1. The van der Waals surface area contributed by atoms with Crippen molar-refractivity contribution in [2.45, 2.75) is 59.5 Å². The number of rotatable bonds is 1. The van der Waals surface area contributed by atoms with E-state index in [-0.39, 0.29) is 5.54 Å². The Kier molecular flexibility index (Phi) is 2.67. The Morgan fingerprint density at radius 1 is 1.00 bits per heavy atom. The van der Waals surface area contributed by atoms with Crippen LogP contribution in [0.1, 0.15) is 48.0 Å². The van der Waals surface area contributed by atoms with Crippen molar-refractivity contribution >= 4 is 0 Å². The SMILES string of the molecule is CC1(C)CN(C2C(C)(C)C2(C)C)CCCN1. The average molecular weight is 224 g/mol. The quantitative estimate of drug-likeness (QED) is 0.736. The van der Waals surface area contributed by atoms with Crippen molar-refractivity contribution in [3.63, 3.8) is 0 Å². The van der Waals surface area contributed by atoms with Gasteiger partial charge in [0.05, 0.1) is 0 Å². The minimum Gasteiger partial charge on any atom is -0.310 e. The molecule has 0 radical (unpaired) electrons. The monoisotopic (exact) mass is 224 g/mol. The van der Waals surface area contributed by atoms with Gasteiger partial charge in [-0.2, -0.15) is 0 Å². The van der Waals surface area contributed by atoms with E-state index >= 15 is 0 Å². The molecule has 0 bridgehead atoms. The minimum absolute atomic E-state index is 0.269. The predicted molar refractivity (Wildman–Crippen MR) is 69.6 cm³/mol. The third kappa shape index (κ3) is 1.80. The highest BCUT2D eigenvalue weighted by atomic mass is 15.3. The van der Waals surface area contributed by atoms with Crippen molar-refractivity contribution in [1.29, 1.82) is 0 Å². The van der Waals surface area contributed by atoms with E-state index < -0.39 is 0 Å². The van der Waals surface area contributed by atoms with Gasteiger partial charge in [-0.25, -0.2) is 0 Å². The zero-order chi connectivity index (χ0) is 12.2. The zero-order valence-corrected chi connectivity index (χ0v) is 11.9. The van der Waals surface area contributed by atoms with Crippen LogP contribution in [0.3, 0.4) is 0 Å². The van der Waals surface area contributed by atoms with E-state index in [0.29, 0.717) is 10.8 Å². The Bertz CT molecular complexity index is 264. The van der Waals surface area contributed by atoms with E-state index in [1.807, 2.05) is 0 Å². The summed E-state index contributed by atoms with van der Waals surface area (Å²) in [5.74, 6) is 0. The van der Waals surface area contributed by atoms with Crippen LogP contribution in [0.25, 0.3) is 0 Å². The summed E-state index contributed by atoms with van der Waals surface area (Å²) in [4.78, 5) is 2.72. The summed E-state index contributed by atoms with van der Waals surface area (Å²) in [5.41, 5.74) is 1.23. The van der Waals surface area contributed by atoms with Crippen molar-refractivity contribution < 1.29 is 0 Å². The minimum atomic E-state index is 0.269. The maximum atomic E-state index is 3.65. The highest BCUT2D eigenvalue weighted by Gasteiger charge is 2.67. The molecule has 1 aliphatic heterocycles. The third-order valence-electron chi connectivity index (χ3n) is 5.13. The molecule has 0 unspecified atom stereocenters. The second-order valence-corrected chi connectivity index (χ2v) is 7.48. The molecule has 0 aromatic carbocycles. The molecule has 2 aliphatic rings. The summed E-state index contributed by atoms with van der Waals surface area (Å²) in [6.07, 6.45) is 1.28. The molecule has 94 valence electrons. The lowest BCUT2D eigenvalue weighted by Crippen LogP contribution is -2.47. The molecule has 0 aromatic heterocycles. The Morgan fingerprint density at radius 2 is 1.56 bits per heavy atom. The van der Waals surface area contributed by atoms with Crippen molar-refractivity contribution in [2.75, 3.05) is 19.6 Å². The van der Waals surface area contributed by atoms with Crippen molar-refractivity contribution in [1.82, 2.24) is 10.2 Å². The summed E-state index contributed by atoms with van der Waals surface area (Å²) < 4.78 is 0. The van der Waals surface area contributed by atoms with E-state index in [4.69, 9.17) is 0 Å².